The number of rotatable bonds is 6. The Labute approximate surface area is 167 Å². The zero-order valence-corrected chi connectivity index (χ0v) is 16.9. The zero-order chi connectivity index (χ0) is 19.9. The molecule has 3 rings (SSSR count). The minimum Gasteiger partial charge on any atom is -0.341 e. The van der Waals surface area contributed by atoms with Crippen LogP contribution >= 0.6 is 0 Å². The molecule has 2 aromatic rings. The number of benzene rings is 1. The molecule has 150 valence electrons. The van der Waals surface area contributed by atoms with E-state index >= 15 is 0 Å². The van der Waals surface area contributed by atoms with E-state index in [1.807, 2.05) is 29.2 Å². The van der Waals surface area contributed by atoms with Crippen LogP contribution in [-0.4, -0.2) is 46.4 Å². The molecule has 1 aromatic heterocycles. The van der Waals surface area contributed by atoms with Gasteiger partial charge in [-0.1, -0.05) is 26.0 Å². The molecule has 28 heavy (non-hydrogen) atoms. The second kappa shape index (κ2) is 9.78. The molecule has 1 atom stereocenters. The van der Waals surface area contributed by atoms with Crippen LogP contribution in [0.5, 0.6) is 0 Å². The van der Waals surface area contributed by atoms with Crippen LogP contribution < -0.4 is 0 Å². The van der Waals surface area contributed by atoms with Crippen molar-refractivity contribution in [1.29, 1.82) is 0 Å². The van der Waals surface area contributed by atoms with Crippen molar-refractivity contribution in [3.05, 3.63) is 65.7 Å². The minimum atomic E-state index is -0.203. The monoisotopic (exact) mass is 383 g/mol. The third-order valence-corrected chi connectivity index (χ3v) is 5.55. The van der Waals surface area contributed by atoms with Crippen LogP contribution in [0.25, 0.3) is 0 Å². The Morgan fingerprint density at radius 3 is 2.50 bits per heavy atom. The lowest BCUT2D eigenvalue weighted by atomic mass is 10.0. The Morgan fingerprint density at radius 1 is 1.11 bits per heavy atom. The first kappa shape index (κ1) is 20.5. The number of pyridine rings is 1. The van der Waals surface area contributed by atoms with Crippen LogP contribution in [0.4, 0.5) is 4.39 Å². The van der Waals surface area contributed by atoms with Gasteiger partial charge in [0, 0.05) is 51.0 Å². The Morgan fingerprint density at radius 2 is 1.82 bits per heavy atom. The van der Waals surface area contributed by atoms with Gasteiger partial charge in [-0.05, 0) is 54.2 Å². The average molecular weight is 384 g/mol. The Kier molecular flexibility index (Phi) is 7.15. The number of aromatic nitrogens is 1. The molecule has 1 saturated heterocycles. The van der Waals surface area contributed by atoms with E-state index in [1.54, 1.807) is 12.4 Å². The van der Waals surface area contributed by atoms with Crippen molar-refractivity contribution in [3.63, 3.8) is 0 Å². The molecule has 1 aromatic carbocycles. The van der Waals surface area contributed by atoms with E-state index in [9.17, 15) is 9.18 Å². The van der Waals surface area contributed by atoms with Crippen molar-refractivity contribution in [3.8, 4) is 0 Å². The molecule has 0 spiro atoms. The summed E-state index contributed by atoms with van der Waals surface area (Å²) >= 11 is 0. The largest absolute Gasteiger partial charge is 0.341 e. The summed E-state index contributed by atoms with van der Waals surface area (Å²) in [6, 6.07) is 11.0. The van der Waals surface area contributed by atoms with E-state index in [1.165, 1.54) is 12.1 Å². The van der Waals surface area contributed by atoms with Gasteiger partial charge >= 0.3 is 0 Å². The highest BCUT2D eigenvalue weighted by molar-refractivity contribution is 5.76. The molecule has 5 heteroatoms. The maximum Gasteiger partial charge on any atom is 0.222 e. The highest BCUT2D eigenvalue weighted by Crippen LogP contribution is 2.21. The van der Waals surface area contributed by atoms with Crippen LogP contribution in [-0.2, 0) is 17.8 Å². The molecular formula is C23H30FN3O. The fourth-order valence-electron chi connectivity index (χ4n) is 3.90. The van der Waals surface area contributed by atoms with E-state index in [0.29, 0.717) is 18.4 Å². The predicted molar refractivity (Wildman–Crippen MR) is 109 cm³/mol. The molecule has 1 fully saturated rings. The van der Waals surface area contributed by atoms with Crippen LogP contribution in [0, 0.1) is 11.7 Å². The van der Waals surface area contributed by atoms with E-state index in [-0.39, 0.29) is 11.7 Å². The van der Waals surface area contributed by atoms with E-state index in [4.69, 9.17) is 0 Å². The number of hydrogen-bond acceptors (Lipinski definition) is 3. The van der Waals surface area contributed by atoms with Gasteiger partial charge in [0.1, 0.15) is 5.82 Å². The first-order valence-electron chi connectivity index (χ1n) is 10.2. The molecular weight excluding hydrogens is 353 g/mol. The summed E-state index contributed by atoms with van der Waals surface area (Å²) in [5.41, 5.74) is 2.26. The van der Waals surface area contributed by atoms with Gasteiger partial charge in [0.05, 0.1) is 0 Å². The lowest BCUT2D eigenvalue weighted by molar-refractivity contribution is -0.131. The van der Waals surface area contributed by atoms with Gasteiger partial charge in [0.2, 0.25) is 5.91 Å². The quantitative estimate of drug-likeness (QED) is 0.759. The molecule has 1 aliphatic rings. The van der Waals surface area contributed by atoms with Crippen molar-refractivity contribution in [2.45, 2.75) is 45.7 Å². The minimum absolute atomic E-state index is 0.203. The van der Waals surface area contributed by atoms with Crippen molar-refractivity contribution >= 4 is 5.91 Å². The number of hydrogen-bond donors (Lipinski definition) is 0. The van der Waals surface area contributed by atoms with Gasteiger partial charge < -0.3 is 4.90 Å². The zero-order valence-electron chi connectivity index (χ0n) is 16.9. The Balaban J connectivity index is 1.62. The standard InChI is InChI=1S/C23H30FN3O/c1-18(2)22-17-27(23(28)9-6-19-10-12-25-13-11-19)15-3-14-26(22)16-20-4-7-21(24)8-5-20/h4-5,7-8,10-13,18,22H,3,6,9,14-17H2,1-2H3. The summed E-state index contributed by atoms with van der Waals surface area (Å²) in [4.78, 5) is 21.4. The van der Waals surface area contributed by atoms with Crippen molar-refractivity contribution < 1.29 is 9.18 Å². The first-order chi connectivity index (χ1) is 13.5. The summed E-state index contributed by atoms with van der Waals surface area (Å²) in [6.45, 7) is 7.74. The number of nitrogens with zero attached hydrogens (tertiary/aromatic N) is 3. The van der Waals surface area contributed by atoms with Crippen LogP contribution in [0.2, 0.25) is 0 Å². The molecule has 4 nitrogen and oxygen atoms in total. The van der Waals surface area contributed by atoms with Crippen LogP contribution in [0.3, 0.4) is 0 Å². The molecule has 0 saturated carbocycles. The molecule has 1 aliphatic heterocycles. The molecule has 0 aliphatic carbocycles. The second-order valence-electron chi connectivity index (χ2n) is 7.96. The third kappa shape index (κ3) is 5.61. The van der Waals surface area contributed by atoms with Gasteiger partial charge in [-0.15, -0.1) is 0 Å². The van der Waals surface area contributed by atoms with Gasteiger partial charge in [-0.3, -0.25) is 14.7 Å². The lowest BCUT2D eigenvalue weighted by Gasteiger charge is -2.34. The lowest BCUT2D eigenvalue weighted by Crippen LogP contribution is -2.45. The molecule has 1 amide bonds. The van der Waals surface area contributed by atoms with Crippen molar-refractivity contribution in [2.24, 2.45) is 5.92 Å². The summed E-state index contributed by atoms with van der Waals surface area (Å²) in [5, 5.41) is 0. The van der Waals surface area contributed by atoms with Crippen molar-refractivity contribution in [2.75, 3.05) is 19.6 Å². The number of aryl methyl sites for hydroxylation is 1. The van der Waals surface area contributed by atoms with E-state index < -0.39 is 0 Å². The Bertz CT molecular complexity index is 748. The van der Waals surface area contributed by atoms with E-state index in [0.717, 1.165) is 50.1 Å². The van der Waals surface area contributed by atoms with Crippen LogP contribution in [0.15, 0.2) is 48.8 Å². The molecule has 2 heterocycles. The smallest absolute Gasteiger partial charge is 0.222 e. The topological polar surface area (TPSA) is 36.4 Å². The molecule has 0 N–H and O–H groups in total. The summed E-state index contributed by atoms with van der Waals surface area (Å²) < 4.78 is 13.2. The number of carbonyl (C=O) groups is 1. The van der Waals surface area contributed by atoms with Gasteiger partial charge in [0.15, 0.2) is 0 Å². The number of halogens is 1. The predicted octanol–water partition coefficient (Wildman–Crippen LogP) is 3.91. The van der Waals surface area contributed by atoms with E-state index in [2.05, 4.69) is 23.7 Å². The number of amides is 1. The summed E-state index contributed by atoms with van der Waals surface area (Å²) in [5.74, 6) is 0.464. The third-order valence-electron chi connectivity index (χ3n) is 5.55. The molecule has 1 unspecified atom stereocenters. The highest BCUT2D eigenvalue weighted by atomic mass is 19.1. The second-order valence-corrected chi connectivity index (χ2v) is 7.96. The van der Waals surface area contributed by atoms with Crippen LogP contribution in [0.1, 0.15) is 37.8 Å². The van der Waals surface area contributed by atoms with Gasteiger partial charge in [-0.2, -0.15) is 0 Å². The SMILES string of the molecule is CC(C)C1CN(C(=O)CCc2ccncc2)CCCN1Cc1ccc(F)cc1. The summed E-state index contributed by atoms with van der Waals surface area (Å²) in [7, 11) is 0. The summed E-state index contributed by atoms with van der Waals surface area (Å²) in [6.07, 6.45) is 5.80. The maximum atomic E-state index is 13.2. The average Bonchev–Trinajstić information content (AvgIpc) is 2.91. The first-order valence-corrected chi connectivity index (χ1v) is 10.2. The Hall–Kier alpha value is -2.27. The highest BCUT2D eigenvalue weighted by Gasteiger charge is 2.29. The normalized spacial score (nSPS) is 18.3. The maximum absolute atomic E-state index is 13.2. The van der Waals surface area contributed by atoms with Crippen molar-refractivity contribution in [1.82, 2.24) is 14.8 Å². The molecule has 0 radical (unpaired) electrons. The fourth-order valence-corrected chi connectivity index (χ4v) is 3.90. The number of carbonyl (C=O) groups excluding carboxylic acids is 1. The fraction of sp³-hybridized carbons (Fsp3) is 0.478. The molecule has 0 bridgehead atoms. The van der Waals surface area contributed by atoms with Gasteiger partial charge in [-0.25, -0.2) is 4.39 Å². The van der Waals surface area contributed by atoms with Gasteiger partial charge in [0.25, 0.3) is 0 Å².